The Morgan fingerprint density at radius 1 is 1.18 bits per heavy atom. The van der Waals surface area contributed by atoms with Gasteiger partial charge >= 0.3 is 0 Å². The van der Waals surface area contributed by atoms with E-state index in [9.17, 15) is 0 Å². The van der Waals surface area contributed by atoms with Crippen LogP contribution >= 0.6 is 11.3 Å². The van der Waals surface area contributed by atoms with Gasteiger partial charge in [-0.3, -0.25) is 0 Å². The molecule has 0 aliphatic carbocycles. The van der Waals surface area contributed by atoms with Gasteiger partial charge in [-0.1, -0.05) is 18.2 Å². The molecule has 0 amide bonds. The number of thiophene rings is 1. The van der Waals surface area contributed by atoms with E-state index in [1.54, 1.807) is 0 Å². The lowest BCUT2D eigenvalue weighted by molar-refractivity contribution is 0.428. The van der Waals surface area contributed by atoms with Gasteiger partial charge in [0.1, 0.15) is 0 Å². The molecule has 1 aromatic carbocycles. The highest BCUT2D eigenvalue weighted by atomic mass is 32.1. The Labute approximate surface area is 133 Å². The quantitative estimate of drug-likeness (QED) is 0.717. The largest absolute Gasteiger partial charge is 0.332 e. The molecule has 112 valence electrons. The first-order valence-corrected chi connectivity index (χ1v) is 8.35. The third-order valence-electron chi connectivity index (χ3n) is 4.04. The molecule has 2 aromatic heterocycles. The van der Waals surface area contributed by atoms with Gasteiger partial charge in [0.25, 0.3) is 11.8 Å². The van der Waals surface area contributed by atoms with Gasteiger partial charge in [-0.25, -0.2) is 0 Å². The fraction of sp³-hybridized carbons (Fsp3) is 0.294. The van der Waals surface area contributed by atoms with Crippen LogP contribution in [0.4, 0.5) is 5.95 Å². The highest BCUT2D eigenvalue weighted by Crippen LogP contribution is 2.38. The molecule has 1 saturated heterocycles. The summed E-state index contributed by atoms with van der Waals surface area (Å²) in [6, 6.07) is 14.7. The van der Waals surface area contributed by atoms with Crippen LogP contribution in [-0.4, -0.2) is 16.7 Å². The van der Waals surface area contributed by atoms with Gasteiger partial charge in [-0.2, -0.15) is 4.98 Å². The summed E-state index contributed by atoms with van der Waals surface area (Å²) in [5, 5.41) is 4.20. The molecule has 22 heavy (non-hydrogen) atoms. The predicted octanol–water partition coefficient (Wildman–Crippen LogP) is 4.45. The zero-order valence-corrected chi connectivity index (χ0v) is 13.2. The van der Waals surface area contributed by atoms with Crippen LogP contribution in [0.25, 0.3) is 11.5 Å². The molecule has 0 bridgehead atoms. The van der Waals surface area contributed by atoms with Crippen molar-refractivity contribution in [3.05, 3.63) is 52.2 Å². The number of aromatic nitrogens is 2. The average Bonchev–Trinajstić information content (AvgIpc) is 3.27. The van der Waals surface area contributed by atoms with Gasteiger partial charge in [0.2, 0.25) is 0 Å². The second-order valence-corrected chi connectivity index (χ2v) is 6.88. The SMILES string of the molecule is Cc1ccc(C2CCCN2c2noc(-c3ccccc3)n2)s1. The van der Waals surface area contributed by atoms with Crippen LogP contribution in [0.3, 0.4) is 0 Å². The van der Waals surface area contributed by atoms with Gasteiger partial charge in [-0.15, -0.1) is 11.3 Å². The number of aryl methyl sites for hydroxylation is 1. The fourth-order valence-corrected chi connectivity index (χ4v) is 3.99. The minimum absolute atomic E-state index is 0.375. The standard InChI is InChI=1S/C17H17N3OS/c1-12-9-10-15(22-12)14-8-5-11-20(14)17-18-16(21-19-17)13-6-3-2-4-7-13/h2-4,6-7,9-10,14H,5,8,11H2,1H3. The van der Waals surface area contributed by atoms with Crippen molar-refractivity contribution in [2.75, 3.05) is 11.4 Å². The molecular weight excluding hydrogens is 294 g/mol. The minimum atomic E-state index is 0.375. The molecule has 0 spiro atoms. The highest BCUT2D eigenvalue weighted by Gasteiger charge is 2.30. The average molecular weight is 311 g/mol. The summed E-state index contributed by atoms with van der Waals surface area (Å²) in [6.45, 7) is 3.13. The Kier molecular flexibility index (Phi) is 3.42. The van der Waals surface area contributed by atoms with Gasteiger partial charge < -0.3 is 9.42 Å². The van der Waals surface area contributed by atoms with Crippen LogP contribution in [0.1, 0.15) is 28.6 Å². The first-order valence-electron chi connectivity index (χ1n) is 7.53. The maximum Gasteiger partial charge on any atom is 0.266 e. The maximum absolute atomic E-state index is 5.45. The summed E-state index contributed by atoms with van der Waals surface area (Å²) >= 11 is 1.86. The molecule has 0 radical (unpaired) electrons. The van der Waals surface area contributed by atoms with Crippen LogP contribution < -0.4 is 4.90 Å². The lowest BCUT2D eigenvalue weighted by atomic mass is 10.2. The summed E-state index contributed by atoms with van der Waals surface area (Å²) in [5.74, 6) is 1.29. The molecule has 4 nitrogen and oxygen atoms in total. The summed E-state index contributed by atoms with van der Waals surface area (Å²) in [4.78, 5) is 9.60. The van der Waals surface area contributed by atoms with E-state index in [1.807, 2.05) is 41.7 Å². The van der Waals surface area contributed by atoms with Crippen molar-refractivity contribution in [1.29, 1.82) is 0 Å². The van der Waals surface area contributed by atoms with E-state index in [-0.39, 0.29) is 0 Å². The van der Waals surface area contributed by atoms with Crippen molar-refractivity contribution in [1.82, 2.24) is 10.1 Å². The molecular formula is C17H17N3OS. The van der Waals surface area contributed by atoms with Crippen molar-refractivity contribution in [2.24, 2.45) is 0 Å². The smallest absolute Gasteiger partial charge is 0.266 e. The lowest BCUT2D eigenvalue weighted by Crippen LogP contribution is -2.22. The predicted molar refractivity (Wildman–Crippen MR) is 88.1 cm³/mol. The van der Waals surface area contributed by atoms with E-state index in [4.69, 9.17) is 4.52 Å². The summed E-state index contributed by atoms with van der Waals surface area (Å²) in [6.07, 6.45) is 2.31. The van der Waals surface area contributed by atoms with Crippen molar-refractivity contribution >= 4 is 17.3 Å². The molecule has 1 unspecified atom stereocenters. The van der Waals surface area contributed by atoms with E-state index in [0.717, 1.165) is 24.9 Å². The lowest BCUT2D eigenvalue weighted by Gasteiger charge is -2.21. The number of hydrogen-bond acceptors (Lipinski definition) is 5. The summed E-state index contributed by atoms with van der Waals surface area (Å²) in [7, 11) is 0. The monoisotopic (exact) mass is 311 g/mol. The van der Waals surface area contributed by atoms with E-state index in [2.05, 4.69) is 34.1 Å². The normalized spacial score (nSPS) is 18.0. The molecule has 3 aromatic rings. The molecule has 3 heterocycles. The van der Waals surface area contributed by atoms with Gasteiger partial charge in [-0.05, 0) is 49.2 Å². The number of anilines is 1. The molecule has 1 fully saturated rings. The highest BCUT2D eigenvalue weighted by molar-refractivity contribution is 7.12. The first-order chi connectivity index (χ1) is 10.8. The van der Waals surface area contributed by atoms with Crippen molar-refractivity contribution < 1.29 is 4.52 Å². The Morgan fingerprint density at radius 3 is 2.82 bits per heavy atom. The maximum atomic E-state index is 5.45. The van der Waals surface area contributed by atoms with Crippen LogP contribution in [0, 0.1) is 6.92 Å². The number of benzene rings is 1. The molecule has 4 rings (SSSR count). The van der Waals surface area contributed by atoms with Crippen molar-refractivity contribution in [3.63, 3.8) is 0 Å². The Bertz CT molecular complexity index is 765. The topological polar surface area (TPSA) is 42.2 Å². The molecule has 0 N–H and O–H groups in total. The van der Waals surface area contributed by atoms with Crippen LogP contribution in [0.15, 0.2) is 47.0 Å². The zero-order chi connectivity index (χ0) is 14.9. The van der Waals surface area contributed by atoms with E-state index in [0.29, 0.717) is 17.9 Å². The first kappa shape index (κ1) is 13.5. The van der Waals surface area contributed by atoms with E-state index in [1.165, 1.54) is 9.75 Å². The summed E-state index contributed by atoms with van der Waals surface area (Å²) in [5.41, 5.74) is 0.962. The summed E-state index contributed by atoms with van der Waals surface area (Å²) < 4.78 is 5.45. The van der Waals surface area contributed by atoms with Gasteiger partial charge in [0.05, 0.1) is 6.04 Å². The Balaban J connectivity index is 1.63. The van der Waals surface area contributed by atoms with Gasteiger partial charge in [0.15, 0.2) is 0 Å². The van der Waals surface area contributed by atoms with Crippen molar-refractivity contribution in [3.8, 4) is 11.5 Å². The number of rotatable bonds is 3. The second kappa shape index (κ2) is 5.57. The third-order valence-corrected chi connectivity index (χ3v) is 5.14. The molecule has 5 heteroatoms. The molecule has 1 aliphatic rings. The zero-order valence-electron chi connectivity index (χ0n) is 12.4. The molecule has 1 atom stereocenters. The van der Waals surface area contributed by atoms with Crippen LogP contribution in [0.2, 0.25) is 0 Å². The van der Waals surface area contributed by atoms with Crippen molar-refractivity contribution in [2.45, 2.75) is 25.8 Å². The van der Waals surface area contributed by atoms with Gasteiger partial charge in [0, 0.05) is 21.9 Å². The van der Waals surface area contributed by atoms with E-state index < -0.39 is 0 Å². The Hall–Kier alpha value is -2.14. The molecule has 1 aliphatic heterocycles. The third kappa shape index (κ3) is 2.41. The number of nitrogens with zero attached hydrogens (tertiary/aromatic N) is 3. The van der Waals surface area contributed by atoms with Crippen LogP contribution in [0.5, 0.6) is 0 Å². The molecule has 0 saturated carbocycles. The van der Waals surface area contributed by atoms with E-state index >= 15 is 0 Å². The number of hydrogen-bond donors (Lipinski definition) is 0. The Morgan fingerprint density at radius 2 is 2.05 bits per heavy atom. The van der Waals surface area contributed by atoms with Crippen LogP contribution in [-0.2, 0) is 0 Å². The minimum Gasteiger partial charge on any atom is -0.332 e. The second-order valence-electron chi connectivity index (χ2n) is 5.57. The fourth-order valence-electron chi connectivity index (χ4n) is 2.96.